The van der Waals surface area contributed by atoms with Crippen LogP contribution in [0.5, 0.6) is 0 Å². The van der Waals surface area contributed by atoms with E-state index in [0.29, 0.717) is 16.3 Å². The van der Waals surface area contributed by atoms with Crippen LogP contribution in [0.15, 0.2) is 52.7 Å². The van der Waals surface area contributed by atoms with Crippen molar-refractivity contribution >= 4 is 35.5 Å². The molecule has 7 nitrogen and oxygen atoms in total. The molecule has 1 N–H and O–H groups in total. The Balaban J connectivity index is 1.74. The van der Waals surface area contributed by atoms with Crippen molar-refractivity contribution in [1.82, 2.24) is 14.8 Å². The predicted octanol–water partition coefficient (Wildman–Crippen LogP) is 4.31. The van der Waals surface area contributed by atoms with Gasteiger partial charge in [-0.25, -0.2) is 4.79 Å². The summed E-state index contributed by atoms with van der Waals surface area (Å²) < 4.78 is 7.25. The van der Waals surface area contributed by atoms with Gasteiger partial charge in [0, 0.05) is 22.1 Å². The lowest BCUT2D eigenvalue weighted by Crippen LogP contribution is -2.53. The number of carbonyl (C=O) groups excluding carboxylic acids is 3. The lowest BCUT2D eigenvalue weighted by atomic mass is 10.1. The van der Waals surface area contributed by atoms with Crippen LogP contribution in [0, 0.1) is 20.8 Å². The number of urea groups is 1. The smallest absolute Gasteiger partial charge is 0.331 e. The van der Waals surface area contributed by atoms with Crippen molar-refractivity contribution in [3.8, 4) is 5.69 Å². The fourth-order valence-corrected chi connectivity index (χ4v) is 3.85. The predicted molar refractivity (Wildman–Crippen MR) is 116 cm³/mol. The molecule has 8 heteroatoms. The van der Waals surface area contributed by atoms with Crippen LogP contribution in [-0.2, 0) is 16.1 Å². The van der Waals surface area contributed by atoms with E-state index in [9.17, 15) is 14.4 Å². The molecule has 1 fully saturated rings. The number of hydrogen-bond acceptors (Lipinski definition) is 4. The first-order valence-corrected chi connectivity index (χ1v) is 10.0. The summed E-state index contributed by atoms with van der Waals surface area (Å²) in [6.07, 6.45) is 2.97. The molecule has 0 aliphatic carbocycles. The molecule has 1 aliphatic rings. The van der Waals surface area contributed by atoms with E-state index in [-0.39, 0.29) is 12.1 Å². The maximum absolute atomic E-state index is 13.0. The normalized spacial score (nSPS) is 15.7. The van der Waals surface area contributed by atoms with Crippen LogP contribution in [0.1, 0.15) is 28.3 Å². The Hall–Kier alpha value is -3.58. The summed E-state index contributed by atoms with van der Waals surface area (Å²) in [5.41, 5.74) is 4.29. The number of rotatable bonds is 4. The van der Waals surface area contributed by atoms with Gasteiger partial charge in [0.1, 0.15) is 11.3 Å². The van der Waals surface area contributed by atoms with E-state index >= 15 is 0 Å². The number of aryl methyl sites for hydroxylation is 2. The van der Waals surface area contributed by atoms with Crippen LogP contribution in [0.25, 0.3) is 11.8 Å². The van der Waals surface area contributed by atoms with Crippen molar-refractivity contribution in [1.29, 1.82) is 0 Å². The summed E-state index contributed by atoms with van der Waals surface area (Å²) in [6.45, 7) is 5.75. The molecule has 1 saturated heterocycles. The average Bonchev–Trinajstić information content (AvgIpc) is 3.32. The fraction of sp³-hybridized carbons (Fsp3) is 0.174. The Morgan fingerprint density at radius 3 is 2.58 bits per heavy atom. The van der Waals surface area contributed by atoms with Crippen molar-refractivity contribution in [3.05, 3.63) is 81.5 Å². The number of imide groups is 2. The van der Waals surface area contributed by atoms with Gasteiger partial charge in [-0.15, -0.1) is 0 Å². The molecule has 0 unspecified atom stereocenters. The van der Waals surface area contributed by atoms with Crippen LogP contribution in [0.4, 0.5) is 4.79 Å². The fourth-order valence-electron chi connectivity index (χ4n) is 3.68. The number of halogens is 1. The summed E-state index contributed by atoms with van der Waals surface area (Å²) in [7, 11) is 0. The molecule has 158 valence electrons. The summed E-state index contributed by atoms with van der Waals surface area (Å²) in [6, 6.07) is 10.1. The minimum atomic E-state index is -0.774. The van der Waals surface area contributed by atoms with E-state index in [0.717, 1.165) is 27.5 Å². The number of barbiturate groups is 1. The van der Waals surface area contributed by atoms with Crippen LogP contribution < -0.4 is 5.32 Å². The zero-order chi connectivity index (χ0) is 22.3. The quantitative estimate of drug-likeness (QED) is 0.487. The SMILES string of the molecule is Cc1ccc(Cl)cc1-n1c(C)cc(/C=C2\C(=O)NC(=O)N(Cc3ccco3)C2=O)c1C. The van der Waals surface area contributed by atoms with Crippen molar-refractivity contribution in [3.63, 3.8) is 0 Å². The van der Waals surface area contributed by atoms with Gasteiger partial charge in [-0.3, -0.25) is 19.8 Å². The number of amides is 4. The summed E-state index contributed by atoms with van der Waals surface area (Å²) in [5.74, 6) is -0.963. The average molecular weight is 438 g/mol. The number of benzene rings is 1. The van der Waals surface area contributed by atoms with E-state index < -0.39 is 17.8 Å². The molecule has 1 aromatic carbocycles. The largest absolute Gasteiger partial charge is 0.467 e. The Bertz CT molecular complexity index is 1240. The first-order chi connectivity index (χ1) is 14.8. The molecule has 4 rings (SSSR count). The number of nitrogens with zero attached hydrogens (tertiary/aromatic N) is 2. The van der Waals surface area contributed by atoms with Crippen LogP contribution in [-0.4, -0.2) is 27.3 Å². The van der Waals surface area contributed by atoms with E-state index in [1.165, 1.54) is 12.3 Å². The van der Waals surface area contributed by atoms with Crippen molar-refractivity contribution in [2.45, 2.75) is 27.3 Å². The Morgan fingerprint density at radius 2 is 1.87 bits per heavy atom. The van der Waals surface area contributed by atoms with E-state index in [1.54, 1.807) is 12.1 Å². The molecule has 1 aliphatic heterocycles. The highest BCUT2D eigenvalue weighted by Crippen LogP contribution is 2.27. The van der Waals surface area contributed by atoms with Crippen molar-refractivity contribution in [2.24, 2.45) is 0 Å². The molecule has 0 saturated carbocycles. The molecule has 3 aromatic rings. The maximum atomic E-state index is 13.0. The molecule has 0 radical (unpaired) electrons. The van der Waals surface area contributed by atoms with Gasteiger partial charge in [0.15, 0.2) is 0 Å². The number of aromatic nitrogens is 1. The van der Waals surface area contributed by atoms with Gasteiger partial charge in [0.05, 0.1) is 12.8 Å². The second-order valence-electron chi connectivity index (χ2n) is 7.38. The zero-order valence-electron chi connectivity index (χ0n) is 17.2. The van der Waals surface area contributed by atoms with Crippen LogP contribution in [0.3, 0.4) is 0 Å². The van der Waals surface area contributed by atoms with Gasteiger partial charge >= 0.3 is 6.03 Å². The number of furan rings is 1. The number of nitrogens with one attached hydrogen (secondary N) is 1. The van der Waals surface area contributed by atoms with Gasteiger partial charge in [-0.1, -0.05) is 17.7 Å². The molecular formula is C23H20ClN3O4. The van der Waals surface area contributed by atoms with E-state index in [1.807, 2.05) is 49.6 Å². The Kier molecular flexibility index (Phi) is 5.29. The molecule has 2 aromatic heterocycles. The molecule has 4 amide bonds. The first-order valence-electron chi connectivity index (χ1n) is 9.63. The number of carbonyl (C=O) groups is 3. The Morgan fingerprint density at radius 1 is 1.10 bits per heavy atom. The molecule has 0 bridgehead atoms. The summed E-state index contributed by atoms with van der Waals surface area (Å²) in [4.78, 5) is 38.6. The van der Waals surface area contributed by atoms with Crippen molar-refractivity contribution < 1.29 is 18.8 Å². The van der Waals surface area contributed by atoms with Gasteiger partial charge in [0.25, 0.3) is 11.8 Å². The number of hydrogen-bond donors (Lipinski definition) is 1. The Labute approximate surface area is 183 Å². The summed E-state index contributed by atoms with van der Waals surface area (Å²) >= 11 is 6.19. The third-order valence-corrected chi connectivity index (χ3v) is 5.50. The lowest BCUT2D eigenvalue weighted by molar-refractivity contribution is -0.130. The highest BCUT2D eigenvalue weighted by molar-refractivity contribution is 6.31. The van der Waals surface area contributed by atoms with Gasteiger partial charge in [0.2, 0.25) is 0 Å². The third-order valence-electron chi connectivity index (χ3n) is 5.26. The van der Waals surface area contributed by atoms with Gasteiger partial charge in [-0.05, 0) is 68.3 Å². The topological polar surface area (TPSA) is 84.6 Å². The van der Waals surface area contributed by atoms with Gasteiger partial charge < -0.3 is 8.98 Å². The highest BCUT2D eigenvalue weighted by Gasteiger charge is 2.36. The minimum Gasteiger partial charge on any atom is -0.467 e. The summed E-state index contributed by atoms with van der Waals surface area (Å²) in [5, 5.41) is 2.84. The van der Waals surface area contributed by atoms with E-state index in [4.69, 9.17) is 16.0 Å². The molecule has 3 heterocycles. The van der Waals surface area contributed by atoms with Crippen molar-refractivity contribution in [2.75, 3.05) is 0 Å². The first kappa shape index (κ1) is 20.7. The third kappa shape index (κ3) is 3.80. The van der Waals surface area contributed by atoms with E-state index in [2.05, 4.69) is 5.32 Å². The second kappa shape index (κ2) is 7.92. The molecule has 0 atom stereocenters. The lowest BCUT2D eigenvalue weighted by Gasteiger charge is -2.25. The highest BCUT2D eigenvalue weighted by atomic mass is 35.5. The second-order valence-corrected chi connectivity index (χ2v) is 7.82. The standard InChI is InChI=1S/C23H20ClN3O4/c1-13-6-7-17(24)11-20(13)27-14(2)9-16(15(27)3)10-19-21(28)25-23(30)26(22(19)29)12-18-5-4-8-31-18/h4-11H,12H2,1-3H3,(H,25,28,30)/b19-10+. The zero-order valence-corrected chi connectivity index (χ0v) is 18.0. The minimum absolute atomic E-state index is 0.0665. The monoisotopic (exact) mass is 437 g/mol. The molecular weight excluding hydrogens is 418 g/mol. The maximum Gasteiger partial charge on any atom is 0.331 e. The van der Waals surface area contributed by atoms with Crippen LogP contribution >= 0.6 is 11.6 Å². The molecule has 31 heavy (non-hydrogen) atoms. The van der Waals surface area contributed by atoms with Gasteiger partial charge in [-0.2, -0.15) is 0 Å². The van der Waals surface area contributed by atoms with Crippen LogP contribution in [0.2, 0.25) is 5.02 Å². The molecule has 0 spiro atoms.